The summed E-state index contributed by atoms with van der Waals surface area (Å²) in [6.07, 6.45) is -0.508. The molecule has 1 aromatic heterocycles. The lowest BCUT2D eigenvalue weighted by atomic mass is 10.2. The van der Waals surface area contributed by atoms with Gasteiger partial charge in [-0.2, -0.15) is 4.98 Å². The van der Waals surface area contributed by atoms with E-state index in [1.807, 2.05) is 12.1 Å². The molecule has 33 heavy (non-hydrogen) atoms. The third-order valence-corrected chi connectivity index (χ3v) is 4.72. The van der Waals surface area contributed by atoms with Crippen molar-refractivity contribution in [2.75, 3.05) is 34.5 Å². The molecule has 0 fully saturated rings. The highest BCUT2D eigenvalue weighted by molar-refractivity contribution is 5.76. The fourth-order valence-electron chi connectivity index (χ4n) is 2.95. The van der Waals surface area contributed by atoms with Crippen molar-refractivity contribution in [1.82, 2.24) is 15.5 Å². The van der Waals surface area contributed by atoms with Crippen molar-refractivity contribution in [3.63, 3.8) is 0 Å². The van der Waals surface area contributed by atoms with Gasteiger partial charge in [-0.3, -0.25) is 4.79 Å². The molecule has 0 aliphatic carbocycles. The van der Waals surface area contributed by atoms with E-state index in [9.17, 15) is 9.90 Å². The van der Waals surface area contributed by atoms with Crippen molar-refractivity contribution in [2.45, 2.75) is 18.9 Å². The Bertz CT molecular complexity index is 1010. The molecule has 1 unspecified atom stereocenters. The number of aromatic nitrogens is 2. The first-order chi connectivity index (χ1) is 16.0. The summed E-state index contributed by atoms with van der Waals surface area (Å²) in [5, 5.41) is 16.8. The molecule has 10 heteroatoms. The summed E-state index contributed by atoms with van der Waals surface area (Å²) in [6.45, 7) is -0.0247. The Labute approximate surface area is 191 Å². The average Bonchev–Trinajstić information content (AvgIpc) is 3.33. The Balaban J connectivity index is 1.42. The highest BCUT2D eigenvalue weighted by atomic mass is 16.5. The minimum absolute atomic E-state index is 0.0250. The van der Waals surface area contributed by atoms with E-state index in [1.54, 1.807) is 37.4 Å². The van der Waals surface area contributed by atoms with E-state index >= 15 is 0 Å². The Morgan fingerprint density at radius 1 is 1.06 bits per heavy atom. The number of aliphatic hydroxyl groups excluding tert-OH is 1. The Kier molecular flexibility index (Phi) is 8.48. The summed E-state index contributed by atoms with van der Waals surface area (Å²) in [6, 6.07) is 12.5. The van der Waals surface area contributed by atoms with E-state index in [4.69, 9.17) is 23.5 Å². The fraction of sp³-hybridized carbons (Fsp3) is 0.348. The van der Waals surface area contributed by atoms with Crippen LogP contribution in [0.3, 0.4) is 0 Å². The minimum atomic E-state index is -0.923. The lowest BCUT2D eigenvalue weighted by molar-refractivity contribution is -0.121. The third kappa shape index (κ3) is 6.59. The SMILES string of the molecule is COc1ccc(-c2noc(CCC(=O)NCC(O)COc3c(OC)cccc3OC)n2)cc1. The minimum Gasteiger partial charge on any atom is -0.497 e. The number of aryl methyl sites for hydroxylation is 1. The van der Waals surface area contributed by atoms with Crippen molar-refractivity contribution in [3.05, 3.63) is 48.4 Å². The van der Waals surface area contributed by atoms with Gasteiger partial charge >= 0.3 is 0 Å². The maximum absolute atomic E-state index is 12.1. The fourth-order valence-corrected chi connectivity index (χ4v) is 2.95. The van der Waals surface area contributed by atoms with E-state index < -0.39 is 6.10 Å². The zero-order chi connectivity index (χ0) is 23.6. The third-order valence-electron chi connectivity index (χ3n) is 4.72. The zero-order valence-electron chi connectivity index (χ0n) is 18.7. The smallest absolute Gasteiger partial charge is 0.227 e. The molecule has 0 bridgehead atoms. The van der Waals surface area contributed by atoms with Gasteiger partial charge in [0.25, 0.3) is 0 Å². The molecule has 3 aromatic rings. The number of hydrogen-bond donors (Lipinski definition) is 2. The number of hydrogen-bond acceptors (Lipinski definition) is 9. The number of methoxy groups -OCH3 is 3. The van der Waals surface area contributed by atoms with Crippen LogP contribution in [-0.2, 0) is 11.2 Å². The molecule has 3 rings (SSSR count). The van der Waals surface area contributed by atoms with Crippen molar-refractivity contribution in [1.29, 1.82) is 0 Å². The van der Waals surface area contributed by atoms with Gasteiger partial charge in [0.2, 0.25) is 23.4 Å². The standard InChI is InChI=1S/C23H27N3O7/c1-29-17-9-7-15(8-10-17)23-25-21(33-26-23)12-11-20(28)24-13-16(27)14-32-22-18(30-2)5-4-6-19(22)31-3/h4-10,16,27H,11-14H2,1-3H3,(H,24,28). The first-order valence-corrected chi connectivity index (χ1v) is 10.3. The van der Waals surface area contributed by atoms with Crippen LogP contribution < -0.4 is 24.3 Å². The highest BCUT2D eigenvalue weighted by Crippen LogP contribution is 2.36. The first kappa shape index (κ1) is 23.9. The number of para-hydroxylation sites is 1. The summed E-state index contributed by atoms with van der Waals surface area (Å²) in [4.78, 5) is 16.4. The average molecular weight is 457 g/mol. The highest BCUT2D eigenvalue weighted by Gasteiger charge is 2.15. The van der Waals surface area contributed by atoms with Gasteiger partial charge < -0.3 is 33.9 Å². The van der Waals surface area contributed by atoms with Crippen LogP contribution in [0.15, 0.2) is 47.0 Å². The molecule has 10 nitrogen and oxygen atoms in total. The number of amides is 1. The topological polar surface area (TPSA) is 125 Å². The van der Waals surface area contributed by atoms with Crippen LogP contribution in [0.2, 0.25) is 0 Å². The summed E-state index contributed by atoms with van der Waals surface area (Å²) in [5.41, 5.74) is 0.782. The number of carbonyl (C=O) groups is 1. The number of ether oxygens (including phenoxy) is 4. The molecular weight excluding hydrogens is 430 g/mol. The molecule has 0 aliphatic rings. The molecule has 0 spiro atoms. The predicted octanol–water partition coefficient (Wildman–Crippen LogP) is 2.25. The van der Waals surface area contributed by atoms with Crippen LogP contribution in [0.1, 0.15) is 12.3 Å². The summed E-state index contributed by atoms with van der Waals surface area (Å²) in [5.74, 6) is 2.62. The zero-order valence-corrected chi connectivity index (χ0v) is 18.7. The molecule has 0 saturated heterocycles. The van der Waals surface area contributed by atoms with Gasteiger partial charge in [0, 0.05) is 24.9 Å². The van der Waals surface area contributed by atoms with Gasteiger partial charge in [0.05, 0.1) is 21.3 Å². The molecular formula is C23H27N3O7. The second-order valence-corrected chi connectivity index (χ2v) is 7.00. The summed E-state index contributed by atoms with van der Waals surface area (Å²) in [7, 11) is 4.62. The first-order valence-electron chi connectivity index (χ1n) is 10.3. The Hall–Kier alpha value is -3.79. The van der Waals surface area contributed by atoms with E-state index in [2.05, 4.69) is 15.5 Å². The van der Waals surface area contributed by atoms with Gasteiger partial charge in [-0.15, -0.1) is 0 Å². The summed E-state index contributed by atoms with van der Waals surface area (Å²) < 4.78 is 26.5. The van der Waals surface area contributed by atoms with E-state index in [0.29, 0.717) is 29.0 Å². The van der Waals surface area contributed by atoms with Crippen LogP contribution in [0.5, 0.6) is 23.0 Å². The normalized spacial score (nSPS) is 11.5. The van der Waals surface area contributed by atoms with Crippen LogP contribution in [0.25, 0.3) is 11.4 Å². The van der Waals surface area contributed by atoms with Crippen LogP contribution in [-0.4, -0.2) is 61.7 Å². The molecule has 176 valence electrons. The molecule has 2 N–H and O–H groups in total. The molecule has 1 heterocycles. The second-order valence-electron chi connectivity index (χ2n) is 7.00. The molecule has 0 radical (unpaired) electrons. The molecule has 2 aromatic carbocycles. The van der Waals surface area contributed by atoms with Crippen molar-refractivity contribution in [3.8, 4) is 34.4 Å². The van der Waals surface area contributed by atoms with Crippen molar-refractivity contribution in [2.24, 2.45) is 0 Å². The van der Waals surface area contributed by atoms with Gasteiger partial charge in [-0.25, -0.2) is 0 Å². The van der Waals surface area contributed by atoms with Gasteiger partial charge in [0.1, 0.15) is 18.5 Å². The molecule has 1 atom stereocenters. The summed E-state index contributed by atoms with van der Waals surface area (Å²) >= 11 is 0. The largest absolute Gasteiger partial charge is 0.497 e. The van der Waals surface area contributed by atoms with E-state index in [0.717, 1.165) is 11.3 Å². The molecule has 0 saturated carbocycles. The number of benzene rings is 2. The van der Waals surface area contributed by atoms with E-state index in [1.165, 1.54) is 14.2 Å². The predicted molar refractivity (Wildman–Crippen MR) is 119 cm³/mol. The Morgan fingerprint density at radius 3 is 2.39 bits per heavy atom. The lowest BCUT2D eigenvalue weighted by Gasteiger charge is -2.17. The van der Waals surface area contributed by atoms with Crippen LogP contribution in [0.4, 0.5) is 0 Å². The number of carbonyl (C=O) groups excluding carboxylic acids is 1. The number of nitrogens with zero attached hydrogens (tertiary/aromatic N) is 2. The molecule has 1 amide bonds. The maximum atomic E-state index is 12.1. The van der Waals surface area contributed by atoms with Crippen LogP contribution >= 0.6 is 0 Å². The maximum Gasteiger partial charge on any atom is 0.227 e. The van der Waals surface area contributed by atoms with Crippen molar-refractivity contribution < 1.29 is 33.4 Å². The monoisotopic (exact) mass is 457 g/mol. The lowest BCUT2D eigenvalue weighted by Crippen LogP contribution is -2.35. The molecule has 0 aliphatic heterocycles. The van der Waals surface area contributed by atoms with Gasteiger partial charge in [-0.1, -0.05) is 11.2 Å². The Morgan fingerprint density at radius 2 is 1.76 bits per heavy atom. The second kappa shape index (κ2) is 11.7. The number of nitrogens with one attached hydrogen (secondary N) is 1. The van der Waals surface area contributed by atoms with Crippen molar-refractivity contribution >= 4 is 5.91 Å². The van der Waals surface area contributed by atoms with Crippen LogP contribution in [0, 0.1) is 0 Å². The van der Waals surface area contributed by atoms with Gasteiger partial charge in [0.15, 0.2) is 11.5 Å². The van der Waals surface area contributed by atoms with E-state index in [-0.39, 0.29) is 31.9 Å². The number of rotatable bonds is 12. The number of aliphatic hydroxyl groups is 1. The quantitative estimate of drug-likeness (QED) is 0.421. The van der Waals surface area contributed by atoms with Gasteiger partial charge in [-0.05, 0) is 36.4 Å².